The van der Waals surface area contributed by atoms with E-state index >= 15 is 0 Å². The molecule has 152 valence electrons. The van der Waals surface area contributed by atoms with Crippen LogP contribution in [0.2, 0.25) is 0 Å². The van der Waals surface area contributed by atoms with Gasteiger partial charge in [-0.25, -0.2) is 4.98 Å². The molecule has 10 heteroatoms. The van der Waals surface area contributed by atoms with Gasteiger partial charge in [0, 0.05) is 37.4 Å². The number of nitrogens with zero attached hydrogens (tertiary/aromatic N) is 2. The molecule has 1 aromatic heterocycles. The summed E-state index contributed by atoms with van der Waals surface area (Å²) in [5.41, 5.74) is 8.89. The minimum Gasteiger partial charge on any atom is -0.384 e. The number of hydrogen-bond acceptors (Lipinski definition) is 5. The molecule has 0 saturated carbocycles. The van der Waals surface area contributed by atoms with Gasteiger partial charge in [-0.2, -0.15) is 0 Å². The third-order valence-electron chi connectivity index (χ3n) is 4.56. The fraction of sp³-hybridized carbons (Fsp3) is 0.211. The summed E-state index contributed by atoms with van der Waals surface area (Å²) in [5.74, 6) is 0.357. The Morgan fingerprint density at radius 1 is 1.28 bits per heavy atom. The lowest BCUT2D eigenvalue weighted by Gasteiger charge is -2.09. The summed E-state index contributed by atoms with van der Waals surface area (Å²) in [5, 5.41) is 10.1. The van der Waals surface area contributed by atoms with Crippen LogP contribution >= 0.6 is 7.60 Å². The molecule has 0 aliphatic rings. The molecule has 0 radical (unpaired) electrons. The largest absolute Gasteiger partial charge is 0.384 e. The highest BCUT2D eigenvalue weighted by Crippen LogP contribution is 2.39. The predicted molar refractivity (Wildman–Crippen MR) is 111 cm³/mol. The van der Waals surface area contributed by atoms with E-state index in [-0.39, 0.29) is 24.4 Å². The molecule has 3 rings (SSSR count). The van der Waals surface area contributed by atoms with E-state index in [0.717, 1.165) is 18.2 Å². The monoisotopic (exact) mass is 415 g/mol. The summed E-state index contributed by atoms with van der Waals surface area (Å²) in [6.07, 6.45) is -0.165. The number of imidazole rings is 1. The number of nitrogen functional groups attached to an aromatic ring is 1. The summed E-state index contributed by atoms with van der Waals surface area (Å²) in [6, 6.07) is 12.4. The maximum atomic E-state index is 12.3. The van der Waals surface area contributed by atoms with Crippen LogP contribution in [0.15, 0.2) is 42.5 Å². The molecule has 2 aromatic carbocycles. The fourth-order valence-corrected chi connectivity index (χ4v) is 3.48. The molecule has 9 nitrogen and oxygen atoms in total. The van der Waals surface area contributed by atoms with E-state index in [0.29, 0.717) is 22.5 Å². The number of aromatic nitrogens is 2. The van der Waals surface area contributed by atoms with Crippen molar-refractivity contribution in [2.75, 3.05) is 19.8 Å². The predicted octanol–water partition coefficient (Wildman–Crippen LogP) is 2.09. The molecule has 3 aromatic rings. The topological polar surface area (TPSA) is 143 Å². The maximum Gasteiger partial charge on any atom is 0.329 e. The molecular formula is C19H22N5O4P. The van der Waals surface area contributed by atoms with Gasteiger partial charge in [-0.15, -0.1) is 0 Å². The van der Waals surface area contributed by atoms with Crippen molar-refractivity contribution in [3.8, 4) is 11.4 Å². The Morgan fingerprint density at radius 2 is 1.93 bits per heavy atom. The molecule has 29 heavy (non-hydrogen) atoms. The Kier molecular flexibility index (Phi) is 5.83. The molecule has 1 heterocycles. The van der Waals surface area contributed by atoms with Gasteiger partial charge in [0.15, 0.2) is 0 Å². The fourth-order valence-electron chi connectivity index (χ4n) is 2.90. The summed E-state index contributed by atoms with van der Waals surface area (Å²) in [4.78, 5) is 26.3. The van der Waals surface area contributed by atoms with E-state index < -0.39 is 7.60 Å². The van der Waals surface area contributed by atoms with Gasteiger partial charge in [-0.05, 0) is 18.2 Å². The van der Waals surface area contributed by atoms with Crippen LogP contribution in [-0.2, 0) is 16.1 Å². The Balaban J connectivity index is 1.82. The van der Waals surface area contributed by atoms with Crippen LogP contribution in [0.4, 0.5) is 0 Å². The number of aryl methyl sites for hydroxylation is 1. The van der Waals surface area contributed by atoms with Crippen molar-refractivity contribution in [1.29, 1.82) is 5.41 Å². The number of nitrogens with one attached hydrogen (secondary N) is 2. The Morgan fingerprint density at radius 3 is 2.55 bits per heavy atom. The third kappa shape index (κ3) is 4.54. The molecule has 5 N–H and O–H groups in total. The lowest BCUT2D eigenvalue weighted by molar-refractivity contribution is 0.0956. The molecule has 0 saturated heterocycles. The van der Waals surface area contributed by atoms with Crippen LogP contribution < -0.4 is 11.1 Å². The normalized spacial score (nSPS) is 13.2. The van der Waals surface area contributed by atoms with E-state index in [4.69, 9.17) is 11.1 Å². The number of benzene rings is 2. The van der Waals surface area contributed by atoms with Gasteiger partial charge in [0.05, 0.1) is 17.2 Å². The van der Waals surface area contributed by atoms with Crippen LogP contribution in [0.1, 0.15) is 15.9 Å². The zero-order valence-electron chi connectivity index (χ0n) is 16.0. The number of amides is 1. The second kappa shape index (κ2) is 8.16. The van der Waals surface area contributed by atoms with E-state index in [1.165, 1.54) is 0 Å². The quantitative estimate of drug-likeness (QED) is 0.264. The summed E-state index contributed by atoms with van der Waals surface area (Å²) < 4.78 is 17.9. The summed E-state index contributed by atoms with van der Waals surface area (Å²) in [7, 11) is -0.622. The van der Waals surface area contributed by atoms with E-state index in [1.54, 1.807) is 30.3 Å². The average Bonchev–Trinajstić information content (AvgIpc) is 3.03. The van der Waals surface area contributed by atoms with Crippen LogP contribution in [0.5, 0.6) is 0 Å². The van der Waals surface area contributed by atoms with Gasteiger partial charge in [0.25, 0.3) is 5.91 Å². The molecule has 1 amide bonds. The standard InChI is InChI=1S/C19H22N5O4P/c1-24-16-8-7-14(19(25)22-9-10-29(26,27)28-2)11-15(16)23-18(24)13-5-3-12(4-6-13)17(20)21/h3-8,11H,9-10H2,1-2H3,(H3,20,21)(H,22,25)(H,26,27). The number of carbonyl (C=O) groups excluding carboxylic acids is 1. The van der Waals surface area contributed by atoms with Gasteiger partial charge < -0.3 is 25.0 Å². The maximum absolute atomic E-state index is 12.3. The first kappa shape index (κ1) is 20.7. The second-order valence-corrected chi connectivity index (χ2v) is 8.58. The molecule has 0 spiro atoms. The highest BCUT2D eigenvalue weighted by Gasteiger charge is 2.18. The zero-order chi connectivity index (χ0) is 21.2. The number of hydrogen-bond donors (Lipinski definition) is 4. The zero-order valence-corrected chi connectivity index (χ0v) is 16.9. The van der Waals surface area contributed by atoms with Crippen molar-refractivity contribution >= 4 is 30.4 Å². The summed E-state index contributed by atoms with van der Waals surface area (Å²) in [6.45, 7) is 0.0223. The van der Waals surface area contributed by atoms with E-state index in [9.17, 15) is 14.3 Å². The van der Waals surface area contributed by atoms with Crippen molar-refractivity contribution in [1.82, 2.24) is 14.9 Å². The number of rotatable bonds is 7. The Bertz CT molecular complexity index is 1120. The van der Waals surface area contributed by atoms with Crippen molar-refractivity contribution in [2.45, 2.75) is 0 Å². The number of nitrogens with two attached hydrogens (primary N) is 1. The molecule has 0 aliphatic heterocycles. The minimum atomic E-state index is -3.66. The van der Waals surface area contributed by atoms with Gasteiger partial charge in [-0.3, -0.25) is 14.8 Å². The average molecular weight is 415 g/mol. The smallest absolute Gasteiger partial charge is 0.329 e. The molecular weight excluding hydrogens is 393 g/mol. The summed E-state index contributed by atoms with van der Waals surface area (Å²) >= 11 is 0. The van der Waals surface area contributed by atoms with E-state index in [2.05, 4.69) is 14.8 Å². The van der Waals surface area contributed by atoms with Crippen molar-refractivity contribution in [3.05, 3.63) is 53.6 Å². The highest BCUT2D eigenvalue weighted by atomic mass is 31.2. The molecule has 1 unspecified atom stereocenters. The second-order valence-electron chi connectivity index (χ2n) is 6.49. The molecule has 0 aliphatic carbocycles. The van der Waals surface area contributed by atoms with Crippen LogP contribution in [0.3, 0.4) is 0 Å². The molecule has 1 atom stereocenters. The van der Waals surface area contributed by atoms with Crippen molar-refractivity contribution in [3.63, 3.8) is 0 Å². The first-order valence-corrected chi connectivity index (χ1v) is 10.5. The van der Waals surface area contributed by atoms with Gasteiger partial charge in [-0.1, -0.05) is 24.3 Å². The van der Waals surface area contributed by atoms with Crippen LogP contribution in [0, 0.1) is 5.41 Å². The SMILES string of the molecule is COP(=O)(O)CCNC(=O)c1ccc2c(c1)nc(-c1ccc(C(=N)N)cc1)n2C. The molecule has 0 bridgehead atoms. The van der Waals surface area contributed by atoms with Crippen molar-refractivity contribution in [2.24, 2.45) is 12.8 Å². The Labute approximate surface area is 167 Å². The van der Waals surface area contributed by atoms with Gasteiger partial charge >= 0.3 is 7.60 Å². The number of amidine groups is 1. The van der Waals surface area contributed by atoms with Crippen molar-refractivity contribution < 1.29 is 18.8 Å². The van der Waals surface area contributed by atoms with Crippen LogP contribution in [-0.4, -0.2) is 46.0 Å². The minimum absolute atomic E-state index is 0.000238. The van der Waals surface area contributed by atoms with E-state index in [1.807, 2.05) is 23.7 Å². The first-order valence-electron chi connectivity index (χ1n) is 8.79. The first-order chi connectivity index (χ1) is 13.7. The van der Waals surface area contributed by atoms with Gasteiger partial charge in [0.1, 0.15) is 11.7 Å². The van der Waals surface area contributed by atoms with Crippen LogP contribution in [0.25, 0.3) is 22.4 Å². The van der Waals surface area contributed by atoms with Gasteiger partial charge in [0.2, 0.25) is 0 Å². The molecule has 0 fully saturated rings. The number of fused-ring (bicyclic) bond motifs is 1. The Hall–Kier alpha value is -3.00. The lowest BCUT2D eigenvalue weighted by Crippen LogP contribution is -2.26. The number of carbonyl (C=O) groups is 1. The highest BCUT2D eigenvalue weighted by molar-refractivity contribution is 7.52. The third-order valence-corrected chi connectivity index (χ3v) is 5.92. The lowest BCUT2D eigenvalue weighted by atomic mass is 10.1.